The minimum Gasteiger partial charge on any atom is -0.497 e. The van der Waals surface area contributed by atoms with Gasteiger partial charge in [0.2, 0.25) is 0 Å². The van der Waals surface area contributed by atoms with Crippen molar-refractivity contribution in [2.45, 2.75) is 111 Å². The zero-order valence-corrected chi connectivity index (χ0v) is 26.1. The van der Waals surface area contributed by atoms with Crippen LogP contribution in [0.3, 0.4) is 0 Å². The third-order valence-corrected chi connectivity index (χ3v) is 12.1. The minimum absolute atomic E-state index is 0.000276. The molecule has 0 amide bonds. The van der Waals surface area contributed by atoms with Crippen molar-refractivity contribution in [3.63, 3.8) is 0 Å². The second kappa shape index (κ2) is 12.1. The first kappa shape index (κ1) is 29.5. The van der Waals surface area contributed by atoms with E-state index in [0.29, 0.717) is 5.41 Å². The predicted molar refractivity (Wildman–Crippen MR) is 165 cm³/mol. The molecule has 0 heterocycles. The molecule has 0 spiro atoms. The fourth-order valence-corrected chi connectivity index (χ4v) is 9.84. The lowest BCUT2D eigenvalue weighted by Crippen LogP contribution is -2.51. The molecule has 0 aliphatic heterocycles. The molecule has 5 rings (SSSR count). The predicted octanol–water partition coefficient (Wildman–Crippen LogP) is 9.66. The van der Waals surface area contributed by atoms with Crippen LogP contribution >= 0.6 is 0 Å². The average Bonchev–Trinajstić information content (AvgIpc) is 3.29. The number of methoxy groups -OCH3 is 1. The van der Waals surface area contributed by atoms with E-state index in [1.54, 1.807) is 18.8 Å². The minimum atomic E-state index is -0.230. The van der Waals surface area contributed by atoms with Crippen LogP contribution in [0.1, 0.15) is 111 Å². The highest BCUT2D eigenvalue weighted by Gasteiger charge is 2.59. The molecule has 0 bridgehead atoms. The number of esters is 1. The van der Waals surface area contributed by atoms with Crippen LogP contribution in [0.25, 0.3) is 6.08 Å². The summed E-state index contributed by atoms with van der Waals surface area (Å²) < 4.78 is 11.2. The number of hydrogen-bond acceptors (Lipinski definition) is 3. The quantitative estimate of drug-likeness (QED) is 0.176. The number of ether oxygens (including phenoxy) is 2. The number of benzene rings is 1. The van der Waals surface area contributed by atoms with E-state index in [1.807, 2.05) is 30.3 Å². The Morgan fingerprint density at radius 1 is 1.00 bits per heavy atom. The lowest BCUT2D eigenvalue weighted by Gasteiger charge is -2.58. The van der Waals surface area contributed by atoms with Gasteiger partial charge in [0.1, 0.15) is 11.9 Å². The SMILES string of the molecule is COc1ccc(C=CC(=O)OC2CC[C@@]3(C)C(=CCC4C3CC[C@@]3(C)C4CC[C@@H]3[C@H](C)CCCC(C)C)C2)cc1. The molecule has 3 heteroatoms. The molecule has 220 valence electrons. The molecule has 3 saturated carbocycles. The van der Waals surface area contributed by atoms with Crippen LogP contribution in [0.15, 0.2) is 42.0 Å². The largest absolute Gasteiger partial charge is 0.497 e. The van der Waals surface area contributed by atoms with E-state index in [1.165, 1.54) is 51.4 Å². The molecule has 0 aromatic heterocycles. The van der Waals surface area contributed by atoms with E-state index in [0.717, 1.165) is 66.1 Å². The van der Waals surface area contributed by atoms with Crippen molar-refractivity contribution >= 4 is 12.0 Å². The summed E-state index contributed by atoms with van der Waals surface area (Å²) in [6.07, 6.45) is 20.2. The van der Waals surface area contributed by atoms with Crippen LogP contribution in [0.5, 0.6) is 5.75 Å². The summed E-state index contributed by atoms with van der Waals surface area (Å²) in [5.74, 6) is 5.70. The van der Waals surface area contributed by atoms with E-state index in [4.69, 9.17) is 9.47 Å². The van der Waals surface area contributed by atoms with Gasteiger partial charge < -0.3 is 9.47 Å². The van der Waals surface area contributed by atoms with Gasteiger partial charge in [-0.25, -0.2) is 4.79 Å². The molecule has 4 unspecified atom stereocenters. The van der Waals surface area contributed by atoms with Crippen molar-refractivity contribution < 1.29 is 14.3 Å². The Hall–Kier alpha value is -2.03. The van der Waals surface area contributed by atoms with Gasteiger partial charge >= 0.3 is 5.97 Å². The Bertz CT molecular complexity index is 1080. The van der Waals surface area contributed by atoms with Gasteiger partial charge in [0.15, 0.2) is 0 Å². The van der Waals surface area contributed by atoms with Crippen molar-refractivity contribution in [1.29, 1.82) is 0 Å². The third kappa shape index (κ3) is 5.82. The van der Waals surface area contributed by atoms with Crippen molar-refractivity contribution in [3.05, 3.63) is 47.6 Å². The molecule has 1 aromatic rings. The van der Waals surface area contributed by atoms with Crippen LogP contribution in [-0.2, 0) is 9.53 Å². The van der Waals surface area contributed by atoms with Gasteiger partial charge in [-0.1, -0.05) is 77.7 Å². The molecule has 0 radical (unpaired) electrons. The normalized spacial score (nSPS) is 36.0. The summed E-state index contributed by atoms with van der Waals surface area (Å²) in [6.45, 7) is 12.5. The summed E-state index contributed by atoms with van der Waals surface area (Å²) >= 11 is 0. The van der Waals surface area contributed by atoms with Gasteiger partial charge in [0, 0.05) is 12.5 Å². The van der Waals surface area contributed by atoms with Crippen LogP contribution in [0.4, 0.5) is 0 Å². The average molecular weight is 547 g/mol. The Morgan fingerprint density at radius 2 is 1.77 bits per heavy atom. The number of carbonyl (C=O) groups excluding carboxylic acids is 1. The van der Waals surface area contributed by atoms with Crippen molar-refractivity contribution in [2.24, 2.45) is 46.3 Å². The molecular weight excluding hydrogens is 492 g/mol. The van der Waals surface area contributed by atoms with Crippen molar-refractivity contribution in [3.8, 4) is 5.75 Å². The number of fused-ring (bicyclic) bond motifs is 5. The van der Waals surface area contributed by atoms with Crippen LogP contribution in [-0.4, -0.2) is 19.2 Å². The van der Waals surface area contributed by atoms with Gasteiger partial charge in [-0.15, -0.1) is 0 Å². The zero-order chi connectivity index (χ0) is 28.5. The Labute approximate surface area is 244 Å². The molecule has 8 atom stereocenters. The molecular formula is C37H54O3. The number of allylic oxidation sites excluding steroid dienone is 1. The van der Waals surface area contributed by atoms with Crippen LogP contribution in [0.2, 0.25) is 0 Å². The first-order valence-corrected chi connectivity index (χ1v) is 16.4. The molecule has 4 aliphatic carbocycles. The monoisotopic (exact) mass is 546 g/mol. The maximum atomic E-state index is 12.7. The van der Waals surface area contributed by atoms with Gasteiger partial charge in [0.05, 0.1) is 7.11 Å². The van der Waals surface area contributed by atoms with E-state index >= 15 is 0 Å². The highest BCUT2D eigenvalue weighted by molar-refractivity contribution is 5.87. The number of hydrogen-bond donors (Lipinski definition) is 0. The number of carbonyl (C=O) groups is 1. The summed E-state index contributed by atoms with van der Waals surface area (Å²) in [6, 6.07) is 7.72. The fraction of sp³-hybridized carbons (Fsp3) is 0.703. The van der Waals surface area contributed by atoms with E-state index in [-0.39, 0.29) is 17.5 Å². The maximum Gasteiger partial charge on any atom is 0.331 e. The second-order valence-electron chi connectivity index (χ2n) is 14.7. The third-order valence-electron chi connectivity index (χ3n) is 12.1. The first-order chi connectivity index (χ1) is 19.1. The summed E-state index contributed by atoms with van der Waals surface area (Å²) in [5.41, 5.74) is 3.37. The Kier molecular flexibility index (Phi) is 8.89. The van der Waals surface area contributed by atoms with Crippen LogP contribution < -0.4 is 4.74 Å². The number of rotatable bonds is 9. The van der Waals surface area contributed by atoms with Gasteiger partial charge in [-0.3, -0.25) is 0 Å². The molecule has 0 N–H and O–H groups in total. The molecule has 4 aliphatic rings. The summed E-state index contributed by atoms with van der Waals surface area (Å²) in [5, 5.41) is 0. The molecule has 0 saturated heterocycles. The van der Waals surface area contributed by atoms with Crippen molar-refractivity contribution in [2.75, 3.05) is 7.11 Å². The van der Waals surface area contributed by atoms with E-state index < -0.39 is 0 Å². The first-order valence-electron chi connectivity index (χ1n) is 16.4. The van der Waals surface area contributed by atoms with Gasteiger partial charge in [-0.05, 0) is 115 Å². The summed E-state index contributed by atoms with van der Waals surface area (Å²) in [4.78, 5) is 12.7. The molecule has 40 heavy (non-hydrogen) atoms. The lowest BCUT2D eigenvalue weighted by molar-refractivity contribution is -0.145. The molecule has 3 fully saturated rings. The smallest absolute Gasteiger partial charge is 0.331 e. The fourth-order valence-electron chi connectivity index (χ4n) is 9.84. The van der Waals surface area contributed by atoms with E-state index in [2.05, 4.69) is 40.7 Å². The van der Waals surface area contributed by atoms with Crippen LogP contribution in [0, 0.1) is 46.3 Å². The van der Waals surface area contributed by atoms with Crippen molar-refractivity contribution in [1.82, 2.24) is 0 Å². The topological polar surface area (TPSA) is 35.5 Å². The van der Waals surface area contributed by atoms with Gasteiger partial charge in [-0.2, -0.15) is 0 Å². The van der Waals surface area contributed by atoms with E-state index in [9.17, 15) is 4.79 Å². The lowest BCUT2D eigenvalue weighted by atomic mass is 9.47. The van der Waals surface area contributed by atoms with Gasteiger partial charge in [0.25, 0.3) is 0 Å². The standard InChI is InChI=1S/C37H54O3/c1-25(2)8-7-9-26(3)32-17-18-33-31-16-13-28-24-30(20-22-36(28,4)34(31)21-23-37(32,33)5)40-35(38)19-12-27-10-14-29(39-6)15-11-27/h10-15,19,25-26,30-34H,7-9,16-18,20-24H2,1-6H3/t26-,30?,31?,32-,33?,34?,36+,37-/m1/s1. The molecule has 3 nitrogen and oxygen atoms in total. The molecule has 1 aromatic carbocycles. The highest BCUT2D eigenvalue weighted by Crippen LogP contribution is 2.67. The zero-order valence-electron chi connectivity index (χ0n) is 26.1. The maximum absolute atomic E-state index is 12.7. The Balaban J connectivity index is 1.20. The Morgan fingerprint density at radius 3 is 2.50 bits per heavy atom. The highest BCUT2D eigenvalue weighted by atomic mass is 16.5. The summed E-state index contributed by atoms with van der Waals surface area (Å²) in [7, 11) is 1.66. The second-order valence-corrected chi connectivity index (χ2v) is 14.7.